The molecule has 2 atom stereocenters. The molecule has 2 unspecified atom stereocenters. The summed E-state index contributed by atoms with van der Waals surface area (Å²) in [5.41, 5.74) is 0. The van der Waals surface area contributed by atoms with E-state index in [9.17, 15) is 18.0 Å². The summed E-state index contributed by atoms with van der Waals surface area (Å²) in [6.07, 6.45) is 0. The van der Waals surface area contributed by atoms with Crippen molar-refractivity contribution < 1.29 is 23.1 Å². The molecule has 2 N–H and O–H groups in total. The van der Waals surface area contributed by atoms with Gasteiger partial charge in [-0.3, -0.25) is 9.69 Å². The van der Waals surface area contributed by atoms with E-state index in [4.69, 9.17) is 5.11 Å². The lowest BCUT2D eigenvalue weighted by molar-refractivity contribution is -0.142. The second-order valence-corrected chi connectivity index (χ2v) is 8.16. The first-order valence-electron chi connectivity index (χ1n) is 6.31. The summed E-state index contributed by atoms with van der Waals surface area (Å²) in [4.78, 5) is 23.8. The molecule has 0 spiro atoms. The van der Waals surface area contributed by atoms with Crippen LogP contribution in [0.3, 0.4) is 0 Å². The molecular weight excluding hydrogens is 304 g/mol. The topological polar surface area (TPSA) is 104 Å². The summed E-state index contributed by atoms with van der Waals surface area (Å²) in [7, 11) is -3.27. The highest BCUT2D eigenvalue weighted by atomic mass is 32.2. The van der Waals surface area contributed by atoms with Crippen molar-refractivity contribution in [3.8, 4) is 0 Å². The first-order valence-corrected chi connectivity index (χ1v) is 9.18. The molecule has 1 saturated heterocycles. The number of rotatable bonds is 6. The average Bonchev–Trinajstić information content (AvgIpc) is 2.37. The van der Waals surface area contributed by atoms with Crippen LogP contribution in [0.5, 0.6) is 0 Å². The summed E-state index contributed by atoms with van der Waals surface area (Å²) in [6.45, 7) is 3.31. The van der Waals surface area contributed by atoms with Crippen LogP contribution in [0.1, 0.15) is 13.8 Å². The van der Waals surface area contributed by atoms with Gasteiger partial charge in [0.2, 0.25) is 5.91 Å². The number of hydrogen-bond donors (Lipinski definition) is 2. The Balaban J connectivity index is 2.84. The third kappa shape index (κ3) is 4.64. The third-order valence-electron chi connectivity index (χ3n) is 3.10. The van der Waals surface area contributed by atoms with Crippen molar-refractivity contribution in [2.75, 3.05) is 30.3 Å². The summed E-state index contributed by atoms with van der Waals surface area (Å²) >= 11 is 1.54. The number of carbonyl (C=O) groups excluding carboxylic acids is 1. The highest BCUT2D eigenvalue weighted by Gasteiger charge is 2.35. The summed E-state index contributed by atoms with van der Waals surface area (Å²) in [5.74, 6) is -0.401. The molecule has 0 aromatic heterocycles. The lowest BCUT2D eigenvalue weighted by Gasteiger charge is -2.36. The van der Waals surface area contributed by atoms with Gasteiger partial charge < -0.3 is 10.4 Å². The number of sulfone groups is 1. The van der Waals surface area contributed by atoms with Gasteiger partial charge in [0.1, 0.15) is 11.4 Å². The zero-order valence-corrected chi connectivity index (χ0v) is 13.2. The number of carboxylic acid groups (broad SMARTS) is 1. The van der Waals surface area contributed by atoms with Gasteiger partial charge in [-0.05, 0) is 0 Å². The van der Waals surface area contributed by atoms with E-state index in [1.165, 1.54) is 6.92 Å². The molecule has 1 fully saturated rings. The zero-order valence-electron chi connectivity index (χ0n) is 11.5. The van der Waals surface area contributed by atoms with Gasteiger partial charge in [0, 0.05) is 37.3 Å². The quantitative estimate of drug-likeness (QED) is 0.671. The molecule has 0 aromatic carbocycles. The van der Waals surface area contributed by atoms with Crippen LogP contribution in [0.2, 0.25) is 0 Å². The summed E-state index contributed by atoms with van der Waals surface area (Å²) in [5, 5.41) is 10.8. The van der Waals surface area contributed by atoms with Gasteiger partial charge in [-0.25, -0.2) is 13.2 Å². The van der Waals surface area contributed by atoms with Crippen LogP contribution in [-0.2, 0) is 19.4 Å². The summed E-state index contributed by atoms with van der Waals surface area (Å²) in [6, 6.07) is -1.09. The molecular formula is C11H20N2O5S2. The smallest absolute Gasteiger partial charge is 0.327 e. The van der Waals surface area contributed by atoms with Gasteiger partial charge in [-0.15, -0.1) is 0 Å². The van der Waals surface area contributed by atoms with E-state index in [-0.39, 0.29) is 12.3 Å². The molecule has 0 aromatic rings. The molecule has 1 aliphatic rings. The minimum atomic E-state index is -3.27. The number of carboxylic acids is 1. The van der Waals surface area contributed by atoms with Crippen molar-refractivity contribution in [1.82, 2.24) is 10.2 Å². The number of carbonyl (C=O) groups is 2. The van der Waals surface area contributed by atoms with E-state index in [0.29, 0.717) is 12.3 Å². The van der Waals surface area contributed by atoms with Gasteiger partial charge in [0.05, 0.1) is 0 Å². The van der Waals surface area contributed by atoms with Gasteiger partial charge in [-0.2, -0.15) is 11.8 Å². The van der Waals surface area contributed by atoms with Crippen LogP contribution in [-0.4, -0.2) is 72.1 Å². The Morgan fingerprint density at radius 3 is 2.65 bits per heavy atom. The molecule has 20 heavy (non-hydrogen) atoms. The first-order chi connectivity index (χ1) is 9.27. The molecule has 9 heteroatoms. The molecule has 7 nitrogen and oxygen atoms in total. The Morgan fingerprint density at radius 2 is 2.15 bits per heavy atom. The minimum absolute atomic E-state index is 0.000625. The van der Waals surface area contributed by atoms with E-state index in [0.717, 1.165) is 5.75 Å². The fourth-order valence-electron chi connectivity index (χ4n) is 2.01. The highest BCUT2D eigenvalue weighted by molar-refractivity contribution is 8.01. The number of thioether (sulfide) groups is 1. The number of nitrogens with one attached hydrogen (secondary N) is 1. The number of amides is 1. The highest BCUT2D eigenvalue weighted by Crippen LogP contribution is 2.21. The van der Waals surface area contributed by atoms with Crippen molar-refractivity contribution in [3.63, 3.8) is 0 Å². The van der Waals surface area contributed by atoms with Gasteiger partial charge >= 0.3 is 5.97 Å². The average molecular weight is 324 g/mol. The maximum atomic E-state index is 12.0. The van der Waals surface area contributed by atoms with Crippen molar-refractivity contribution in [1.29, 1.82) is 0 Å². The SMILES string of the molecule is CCS(=O)(=O)C1CSCCN1CC(NC(C)=O)C(=O)O. The Bertz CT molecular complexity index is 465. The van der Waals surface area contributed by atoms with Crippen LogP contribution >= 0.6 is 11.8 Å². The first kappa shape index (κ1) is 17.3. The number of nitrogens with zero attached hydrogens (tertiary/aromatic N) is 1. The maximum absolute atomic E-state index is 12.0. The molecule has 1 aliphatic heterocycles. The van der Waals surface area contributed by atoms with Crippen molar-refractivity contribution in [2.24, 2.45) is 0 Å². The zero-order chi connectivity index (χ0) is 15.3. The van der Waals surface area contributed by atoms with Crippen LogP contribution in [0.4, 0.5) is 0 Å². The van der Waals surface area contributed by atoms with E-state index >= 15 is 0 Å². The van der Waals surface area contributed by atoms with Gasteiger partial charge in [0.25, 0.3) is 0 Å². The fraction of sp³-hybridized carbons (Fsp3) is 0.818. The van der Waals surface area contributed by atoms with Crippen LogP contribution in [0.25, 0.3) is 0 Å². The number of aliphatic carboxylic acids is 1. The molecule has 0 aliphatic carbocycles. The second-order valence-electron chi connectivity index (χ2n) is 4.57. The van der Waals surface area contributed by atoms with Crippen LogP contribution in [0, 0.1) is 0 Å². The molecule has 116 valence electrons. The molecule has 0 bridgehead atoms. The van der Waals surface area contributed by atoms with E-state index < -0.39 is 33.1 Å². The molecule has 0 radical (unpaired) electrons. The fourth-order valence-corrected chi connectivity index (χ4v) is 5.10. The lowest BCUT2D eigenvalue weighted by Crippen LogP contribution is -2.55. The Hall–Kier alpha value is -0.800. The maximum Gasteiger partial charge on any atom is 0.327 e. The Labute approximate surface area is 123 Å². The van der Waals surface area contributed by atoms with Gasteiger partial charge in [0.15, 0.2) is 9.84 Å². The molecule has 0 saturated carbocycles. The third-order valence-corrected chi connectivity index (χ3v) is 6.43. The second kappa shape index (κ2) is 7.28. The van der Waals surface area contributed by atoms with Crippen LogP contribution in [0.15, 0.2) is 0 Å². The summed E-state index contributed by atoms with van der Waals surface area (Å²) < 4.78 is 24.1. The predicted octanol–water partition coefficient (Wildman–Crippen LogP) is -0.615. The van der Waals surface area contributed by atoms with E-state index in [1.807, 2.05) is 0 Å². The van der Waals surface area contributed by atoms with Crippen LogP contribution < -0.4 is 5.32 Å². The molecule has 1 rings (SSSR count). The van der Waals surface area contributed by atoms with E-state index in [2.05, 4.69) is 5.32 Å². The van der Waals surface area contributed by atoms with Gasteiger partial charge in [-0.1, -0.05) is 6.92 Å². The monoisotopic (exact) mass is 324 g/mol. The Kier molecular flexibility index (Phi) is 6.28. The standard InChI is InChI=1S/C11H20N2O5S2/c1-3-20(17,18)10-7-19-5-4-13(10)6-9(11(15)16)12-8(2)14/h9-10H,3-7H2,1-2H3,(H,12,14)(H,15,16). The van der Waals surface area contributed by atoms with Crippen molar-refractivity contribution in [3.05, 3.63) is 0 Å². The van der Waals surface area contributed by atoms with Crippen molar-refractivity contribution >= 4 is 33.5 Å². The largest absolute Gasteiger partial charge is 0.480 e. The molecule has 1 amide bonds. The van der Waals surface area contributed by atoms with Crippen molar-refractivity contribution in [2.45, 2.75) is 25.3 Å². The van der Waals surface area contributed by atoms with E-state index in [1.54, 1.807) is 23.6 Å². The Morgan fingerprint density at radius 1 is 1.50 bits per heavy atom. The number of hydrogen-bond acceptors (Lipinski definition) is 6. The minimum Gasteiger partial charge on any atom is -0.480 e. The normalized spacial score (nSPS) is 22.2. The lowest BCUT2D eigenvalue weighted by atomic mass is 10.2. The molecule has 1 heterocycles. The predicted molar refractivity (Wildman–Crippen MR) is 77.4 cm³/mol.